The molecule has 0 atom stereocenters. The van der Waals surface area contributed by atoms with E-state index in [9.17, 15) is 8.42 Å². The van der Waals surface area contributed by atoms with E-state index < -0.39 is 10.0 Å². The van der Waals surface area contributed by atoms with Crippen LogP contribution in [0.1, 0.15) is 11.1 Å². The third-order valence-electron chi connectivity index (χ3n) is 2.92. The van der Waals surface area contributed by atoms with E-state index in [1.54, 1.807) is 36.7 Å². The highest BCUT2D eigenvalue weighted by Gasteiger charge is 2.14. The summed E-state index contributed by atoms with van der Waals surface area (Å²) in [6.45, 7) is 1.86. The average Bonchev–Trinajstić information content (AvgIpc) is 2.44. The van der Waals surface area contributed by atoms with E-state index in [2.05, 4.69) is 25.6 Å². The molecule has 0 radical (unpaired) electrons. The van der Waals surface area contributed by atoms with Gasteiger partial charge in [-0.25, -0.2) is 8.42 Å². The number of sulfonamides is 1. The lowest BCUT2D eigenvalue weighted by atomic mass is 10.2. The molecule has 1 aromatic carbocycles. The molecule has 112 valence electrons. The SMILES string of the molecule is Cc1cc(Br)c(NS(=O)(=O)CCc2ccncc2)cc1Cl. The highest BCUT2D eigenvalue weighted by atomic mass is 79.9. The first-order valence-corrected chi connectivity index (χ1v) is 9.05. The van der Waals surface area contributed by atoms with Crippen LogP contribution in [-0.2, 0) is 16.4 Å². The summed E-state index contributed by atoms with van der Waals surface area (Å²) in [5.41, 5.74) is 2.25. The second kappa shape index (κ2) is 6.77. The van der Waals surface area contributed by atoms with E-state index in [1.807, 2.05) is 6.92 Å². The molecule has 4 nitrogen and oxygen atoms in total. The van der Waals surface area contributed by atoms with Gasteiger partial charge in [0.05, 0.1) is 11.4 Å². The highest BCUT2D eigenvalue weighted by Crippen LogP contribution is 2.29. The predicted octanol–water partition coefficient (Wildman–Crippen LogP) is 3.79. The Morgan fingerprint density at radius 2 is 1.95 bits per heavy atom. The number of hydrogen-bond acceptors (Lipinski definition) is 3. The number of pyridine rings is 1. The van der Waals surface area contributed by atoms with Crippen molar-refractivity contribution in [2.24, 2.45) is 0 Å². The third kappa shape index (κ3) is 4.69. The molecule has 0 fully saturated rings. The minimum absolute atomic E-state index is 0.00501. The van der Waals surface area contributed by atoms with Gasteiger partial charge in [-0.05, 0) is 64.7 Å². The van der Waals surface area contributed by atoms with Gasteiger partial charge in [-0.1, -0.05) is 11.6 Å². The maximum Gasteiger partial charge on any atom is 0.233 e. The molecule has 0 saturated heterocycles. The van der Waals surface area contributed by atoms with Gasteiger partial charge in [0.25, 0.3) is 0 Å². The first-order valence-electron chi connectivity index (χ1n) is 6.22. The van der Waals surface area contributed by atoms with Gasteiger partial charge in [-0.3, -0.25) is 9.71 Å². The van der Waals surface area contributed by atoms with Gasteiger partial charge in [0.15, 0.2) is 0 Å². The fourth-order valence-electron chi connectivity index (χ4n) is 1.74. The van der Waals surface area contributed by atoms with Gasteiger partial charge >= 0.3 is 0 Å². The maximum atomic E-state index is 12.1. The van der Waals surface area contributed by atoms with Crippen LogP contribution in [0.15, 0.2) is 41.1 Å². The Kier molecular flexibility index (Phi) is 5.24. The fraction of sp³-hybridized carbons (Fsp3) is 0.214. The molecule has 0 amide bonds. The molecule has 1 N–H and O–H groups in total. The van der Waals surface area contributed by atoms with Crippen LogP contribution in [0.4, 0.5) is 5.69 Å². The first kappa shape index (κ1) is 16.3. The second-order valence-electron chi connectivity index (χ2n) is 4.61. The molecule has 0 aliphatic rings. The molecule has 0 spiro atoms. The molecule has 7 heteroatoms. The average molecular weight is 390 g/mol. The van der Waals surface area contributed by atoms with Gasteiger partial charge in [0, 0.05) is 21.9 Å². The summed E-state index contributed by atoms with van der Waals surface area (Å²) in [5.74, 6) is -0.00501. The zero-order valence-electron chi connectivity index (χ0n) is 11.3. The topological polar surface area (TPSA) is 59.1 Å². The van der Waals surface area contributed by atoms with E-state index in [0.29, 0.717) is 21.6 Å². The van der Waals surface area contributed by atoms with E-state index in [-0.39, 0.29) is 5.75 Å². The van der Waals surface area contributed by atoms with Crippen molar-refractivity contribution in [3.8, 4) is 0 Å². The summed E-state index contributed by atoms with van der Waals surface area (Å²) >= 11 is 9.36. The minimum Gasteiger partial charge on any atom is -0.282 e. The zero-order chi connectivity index (χ0) is 15.5. The first-order chi connectivity index (χ1) is 9.87. The Morgan fingerprint density at radius 3 is 2.62 bits per heavy atom. The number of nitrogens with zero attached hydrogens (tertiary/aromatic N) is 1. The molecule has 0 aliphatic carbocycles. The number of halogens is 2. The van der Waals surface area contributed by atoms with Crippen LogP contribution < -0.4 is 4.72 Å². The van der Waals surface area contributed by atoms with Crippen molar-refractivity contribution in [2.45, 2.75) is 13.3 Å². The molecular weight excluding hydrogens is 376 g/mol. The molecule has 21 heavy (non-hydrogen) atoms. The molecule has 0 saturated carbocycles. The monoisotopic (exact) mass is 388 g/mol. The largest absolute Gasteiger partial charge is 0.282 e. The van der Waals surface area contributed by atoms with Gasteiger partial charge in [0.2, 0.25) is 10.0 Å². The van der Waals surface area contributed by atoms with Crippen molar-refractivity contribution >= 4 is 43.2 Å². The Balaban J connectivity index is 2.09. The summed E-state index contributed by atoms with van der Waals surface area (Å²) in [7, 11) is -3.44. The predicted molar refractivity (Wildman–Crippen MR) is 89.2 cm³/mol. The molecule has 1 aromatic heterocycles. The number of benzene rings is 1. The number of rotatable bonds is 5. The summed E-state index contributed by atoms with van der Waals surface area (Å²) in [6.07, 6.45) is 3.71. The Bertz CT molecular complexity index is 736. The molecular formula is C14H14BrClN2O2S. The molecule has 0 aliphatic heterocycles. The Labute approximate surface area is 137 Å². The van der Waals surface area contributed by atoms with Crippen molar-refractivity contribution in [1.82, 2.24) is 4.98 Å². The van der Waals surface area contributed by atoms with Crippen LogP contribution in [0.3, 0.4) is 0 Å². The Morgan fingerprint density at radius 1 is 1.29 bits per heavy atom. The minimum atomic E-state index is -3.44. The number of nitrogens with one attached hydrogen (secondary N) is 1. The van der Waals surface area contributed by atoms with Crippen molar-refractivity contribution in [3.63, 3.8) is 0 Å². The Hall–Kier alpha value is -1.11. The summed E-state index contributed by atoms with van der Waals surface area (Å²) in [5, 5.41) is 0.519. The zero-order valence-corrected chi connectivity index (χ0v) is 14.5. The number of anilines is 1. The molecule has 0 bridgehead atoms. The van der Waals surface area contributed by atoms with Crippen LogP contribution in [0.5, 0.6) is 0 Å². The van der Waals surface area contributed by atoms with Gasteiger partial charge in [-0.15, -0.1) is 0 Å². The standard InChI is InChI=1S/C14H14BrClN2O2S/c1-10-8-12(15)14(9-13(10)16)18-21(19,20)7-4-11-2-5-17-6-3-11/h2-3,5-6,8-9,18H,4,7H2,1H3. The van der Waals surface area contributed by atoms with E-state index >= 15 is 0 Å². The number of aromatic nitrogens is 1. The van der Waals surface area contributed by atoms with E-state index in [1.165, 1.54) is 0 Å². The van der Waals surface area contributed by atoms with Crippen molar-refractivity contribution in [2.75, 3.05) is 10.5 Å². The summed E-state index contributed by atoms with van der Waals surface area (Å²) in [6, 6.07) is 6.98. The van der Waals surface area contributed by atoms with Crippen LogP contribution in [0.25, 0.3) is 0 Å². The van der Waals surface area contributed by atoms with Gasteiger partial charge < -0.3 is 0 Å². The summed E-state index contributed by atoms with van der Waals surface area (Å²) < 4.78 is 27.5. The lowest BCUT2D eigenvalue weighted by molar-refractivity contribution is 0.600. The fourth-order valence-corrected chi connectivity index (χ4v) is 3.71. The molecule has 2 aromatic rings. The van der Waals surface area contributed by atoms with Crippen molar-refractivity contribution in [1.29, 1.82) is 0 Å². The molecule has 0 unspecified atom stereocenters. The third-order valence-corrected chi connectivity index (χ3v) is 5.26. The van der Waals surface area contributed by atoms with E-state index in [4.69, 9.17) is 11.6 Å². The molecule has 2 rings (SSSR count). The van der Waals surface area contributed by atoms with Crippen LogP contribution >= 0.6 is 27.5 Å². The number of hydrogen-bond donors (Lipinski definition) is 1. The molecule has 1 heterocycles. The quantitative estimate of drug-likeness (QED) is 0.846. The van der Waals surface area contributed by atoms with Crippen molar-refractivity contribution in [3.05, 3.63) is 57.3 Å². The van der Waals surface area contributed by atoms with Crippen molar-refractivity contribution < 1.29 is 8.42 Å². The highest BCUT2D eigenvalue weighted by molar-refractivity contribution is 9.10. The van der Waals surface area contributed by atoms with Gasteiger partial charge in [-0.2, -0.15) is 0 Å². The van der Waals surface area contributed by atoms with Crippen LogP contribution in [0, 0.1) is 6.92 Å². The second-order valence-corrected chi connectivity index (χ2v) is 7.71. The number of aryl methyl sites for hydroxylation is 2. The maximum absolute atomic E-state index is 12.1. The normalized spacial score (nSPS) is 11.4. The van der Waals surface area contributed by atoms with Crippen LogP contribution in [-0.4, -0.2) is 19.2 Å². The summed E-state index contributed by atoms with van der Waals surface area (Å²) in [4.78, 5) is 3.90. The van der Waals surface area contributed by atoms with Crippen LogP contribution in [0.2, 0.25) is 5.02 Å². The smallest absolute Gasteiger partial charge is 0.233 e. The van der Waals surface area contributed by atoms with Gasteiger partial charge in [0.1, 0.15) is 0 Å². The van der Waals surface area contributed by atoms with E-state index in [0.717, 1.165) is 11.1 Å². The lowest BCUT2D eigenvalue weighted by Gasteiger charge is -2.11. The lowest BCUT2D eigenvalue weighted by Crippen LogP contribution is -2.18.